The second kappa shape index (κ2) is 7.29. The quantitative estimate of drug-likeness (QED) is 0.651. The van der Waals surface area contributed by atoms with Gasteiger partial charge in [-0.05, 0) is 30.8 Å². The minimum atomic E-state index is 0.0592. The Morgan fingerprint density at radius 3 is 2.92 bits per heavy atom. The standard InChI is InChI=1S/C19H19N3O2S/c23-18(16-9-5-11-25-16)15-8-4-10-22(12-15)13-17-20-19(21-24-17)14-6-2-1-3-7-14/h1-3,5-7,9,11,15H,4,8,10,12-13H2/t15-/m0/s1. The normalized spacial score (nSPS) is 18.3. The van der Waals surface area contributed by atoms with Gasteiger partial charge in [0.15, 0.2) is 5.78 Å². The molecular formula is C19H19N3O2S. The lowest BCUT2D eigenvalue weighted by atomic mass is 9.93. The Hall–Kier alpha value is -2.31. The number of hydrogen-bond acceptors (Lipinski definition) is 6. The van der Waals surface area contributed by atoms with Gasteiger partial charge >= 0.3 is 0 Å². The summed E-state index contributed by atoms with van der Waals surface area (Å²) < 4.78 is 5.40. The van der Waals surface area contributed by atoms with Gasteiger partial charge in [-0.1, -0.05) is 41.6 Å². The molecule has 25 heavy (non-hydrogen) atoms. The van der Waals surface area contributed by atoms with E-state index >= 15 is 0 Å². The van der Waals surface area contributed by atoms with Crippen LogP contribution in [-0.2, 0) is 6.54 Å². The molecular weight excluding hydrogens is 334 g/mol. The maximum Gasteiger partial charge on any atom is 0.241 e. The van der Waals surface area contributed by atoms with Crippen LogP contribution < -0.4 is 0 Å². The van der Waals surface area contributed by atoms with Crippen molar-refractivity contribution in [3.8, 4) is 11.4 Å². The minimum absolute atomic E-state index is 0.0592. The average Bonchev–Trinajstić information content (AvgIpc) is 3.34. The zero-order valence-corrected chi connectivity index (χ0v) is 14.6. The fourth-order valence-electron chi connectivity index (χ4n) is 3.25. The molecule has 0 saturated carbocycles. The maximum atomic E-state index is 12.6. The number of rotatable bonds is 5. The summed E-state index contributed by atoms with van der Waals surface area (Å²) in [5.41, 5.74) is 0.946. The van der Waals surface area contributed by atoms with Gasteiger partial charge in [-0.25, -0.2) is 0 Å². The molecule has 3 heterocycles. The lowest BCUT2D eigenvalue weighted by molar-refractivity contribution is 0.0801. The Bertz CT molecular complexity index is 829. The van der Waals surface area contributed by atoms with Crippen LogP contribution in [0.3, 0.4) is 0 Å². The highest BCUT2D eigenvalue weighted by molar-refractivity contribution is 7.12. The maximum absolute atomic E-state index is 12.6. The number of hydrogen-bond donors (Lipinski definition) is 0. The number of benzene rings is 1. The van der Waals surface area contributed by atoms with Crippen molar-refractivity contribution >= 4 is 17.1 Å². The van der Waals surface area contributed by atoms with E-state index in [0.29, 0.717) is 18.3 Å². The van der Waals surface area contributed by atoms with Crippen LogP contribution in [0.2, 0.25) is 0 Å². The molecule has 1 saturated heterocycles. The van der Waals surface area contributed by atoms with Crippen molar-refractivity contribution in [3.63, 3.8) is 0 Å². The average molecular weight is 353 g/mol. The molecule has 0 spiro atoms. The molecule has 1 fully saturated rings. The molecule has 1 aliphatic heterocycles. The molecule has 0 radical (unpaired) electrons. The fraction of sp³-hybridized carbons (Fsp3) is 0.316. The van der Waals surface area contributed by atoms with Crippen LogP contribution in [0.4, 0.5) is 0 Å². The van der Waals surface area contributed by atoms with Crippen LogP contribution in [-0.4, -0.2) is 33.9 Å². The summed E-state index contributed by atoms with van der Waals surface area (Å²) in [5, 5.41) is 6.02. The lowest BCUT2D eigenvalue weighted by Crippen LogP contribution is -2.38. The third-order valence-corrected chi connectivity index (χ3v) is 5.38. The molecule has 3 aromatic rings. The van der Waals surface area contributed by atoms with Crippen LogP contribution in [0.1, 0.15) is 28.4 Å². The van der Waals surface area contributed by atoms with Gasteiger partial charge in [-0.15, -0.1) is 11.3 Å². The van der Waals surface area contributed by atoms with Crippen LogP contribution in [0.15, 0.2) is 52.4 Å². The van der Waals surface area contributed by atoms with E-state index in [-0.39, 0.29) is 11.7 Å². The van der Waals surface area contributed by atoms with Crippen LogP contribution in [0, 0.1) is 5.92 Å². The van der Waals surface area contributed by atoms with Crippen LogP contribution in [0.25, 0.3) is 11.4 Å². The van der Waals surface area contributed by atoms with Crippen molar-refractivity contribution in [2.24, 2.45) is 5.92 Å². The highest BCUT2D eigenvalue weighted by Crippen LogP contribution is 2.24. The Morgan fingerprint density at radius 2 is 2.12 bits per heavy atom. The molecule has 1 aliphatic rings. The fourth-order valence-corrected chi connectivity index (χ4v) is 3.99. The van der Waals surface area contributed by atoms with Crippen molar-refractivity contribution in [3.05, 3.63) is 58.6 Å². The number of ketones is 1. The van der Waals surface area contributed by atoms with Gasteiger partial charge in [0.2, 0.25) is 11.7 Å². The van der Waals surface area contributed by atoms with Gasteiger partial charge in [0, 0.05) is 18.0 Å². The van der Waals surface area contributed by atoms with E-state index in [4.69, 9.17) is 4.52 Å². The number of aromatic nitrogens is 2. The molecule has 4 rings (SSSR count). The number of piperidine rings is 1. The van der Waals surface area contributed by atoms with Crippen molar-refractivity contribution in [1.82, 2.24) is 15.0 Å². The first kappa shape index (κ1) is 16.2. The number of thiophene rings is 1. The van der Waals surface area contributed by atoms with Gasteiger partial charge in [0.25, 0.3) is 0 Å². The van der Waals surface area contributed by atoms with Crippen molar-refractivity contribution < 1.29 is 9.32 Å². The summed E-state index contributed by atoms with van der Waals surface area (Å²) in [4.78, 5) is 20.2. The predicted molar refractivity (Wildman–Crippen MR) is 96.4 cm³/mol. The van der Waals surface area contributed by atoms with E-state index in [9.17, 15) is 4.79 Å². The molecule has 5 nitrogen and oxygen atoms in total. The highest BCUT2D eigenvalue weighted by atomic mass is 32.1. The summed E-state index contributed by atoms with van der Waals surface area (Å²) in [6.45, 7) is 2.30. The van der Waals surface area contributed by atoms with Gasteiger partial charge in [0.1, 0.15) is 0 Å². The van der Waals surface area contributed by atoms with Gasteiger partial charge in [-0.3, -0.25) is 9.69 Å². The first-order valence-corrected chi connectivity index (χ1v) is 9.35. The second-order valence-corrected chi connectivity index (χ2v) is 7.24. The number of carbonyl (C=O) groups is 1. The smallest absolute Gasteiger partial charge is 0.241 e. The highest BCUT2D eigenvalue weighted by Gasteiger charge is 2.28. The van der Waals surface area contributed by atoms with Gasteiger partial charge in [0.05, 0.1) is 11.4 Å². The molecule has 2 aromatic heterocycles. The third-order valence-electron chi connectivity index (χ3n) is 4.50. The van der Waals surface area contributed by atoms with Crippen molar-refractivity contribution in [2.45, 2.75) is 19.4 Å². The van der Waals surface area contributed by atoms with Crippen molar-refractivity contribution in [1.29, 1.82) is 0 Å². The second-order valence-electron chi connectivity index (χ2n) is 6.29. The molecule has 6 heteroatoms. The molecule has 0 amide bonds. The number of carbonyl (C=O) groups excluding carboxylic acids is 1. The minimum Gasteiger partial charge on any atom is -0.338 e. The zero-order valence-electron chi connectivity index (χ0n) is 13.8. The molecule has 0 aliphatic carbocycles. The molecule has 1 aromatic carbocycles. The zero-order chi connectivity index (χ0) is 17.1. The third kappa shape index (κ3) is 3.70. The Labute approximate surface area is 150 Å². The summed E-state index contributed by atoms with van der Waals surface area (Å²) in [6.07, 6.45) is 1.97. The van der Waals surface area contributed by atoms with Crippen molar-refractivity contribution in [2.75, 3.05) is 13.1 Å². The van der Waals surface area contributed by atoms with Crippen LogP contribution in [0.5, 0.6) is 0 Å². The van der Waals surface area contributed by atoms with E-state index in [0.717, 1.165) is 36.4 Å². The van der Waals surface area contributed by atoms with E-state index in [1.54, 1.807) is 0 Å². The van der Waals surface area contributed by atoms with Gasteiger partial charge < -0.3 is 4.52 Å². The molecule has 128 valence electrons. The number of Topliss-reactive ketones (excluding diaryl/α,β-unsaturated/α-hetero) is 1. The predicted octanol–water partition coefficient (Wildman–Crippen LogP) is 3.89. The van der Waals surface area contributed by atoms with E-state index in [1.807, 2.05) is 47.8 Å². The Kier molecular flexibility index (Phi) is 4.72. The van der Waals surface area contributed by atoms with E-state index in [2.05, 4.69) is 15.0 Å². The molecule has 0 bridgehead atoms. The van der Waals surface area contributed by atoms with Crippen LogP contribution >= 0.6 is 11.3 Å². The van der Waals surface area contributed by atoms with Gasteiger partial charge in [-0.2, -0.15) is 4.98 Å². The lowest BCUT2D eigenvalue weighted by Gasteiger charge is -2.30. The Balaban J connectivity index is 1.41. The molecule has 1 atom stereocenters. The SMILES string of the molecule is O=C(c1cccs1)[C@H]1CCCN(Cc2nc(-c3ccccc3)no2)C1. The summed E-state index contributed by atoms with van der Waals surface area (Å²) in [7, 11) is 0. The molecule has 0 unspecified atom stereocenters. The Morgan fingerprint density at radius 1 is 1.24 bits per heavy atom. The summed E-state index contributed by atoms with van der Waals surface area (Å²) in [5.74, 6) is 1.53. The van der Waals surface area contributed by atoms with E-state index < -0.39 is 0 Å². The largest absolute Gasteiger partial charge is 0.338 e. The first-order chi connectivity index (χ1) is 12.3. The number of nitrogens with zero attached hydrogens (tertiary/aromatic N) is 3. The number of likely N-dealkylation sites (tertiary alicyclic amines) is 1. The van der Waals surface area contributed by atoms with E-state index in [1.165, 1.54) is 11.3 Å². The first-order valence-electron chi connectivity index (χ1n) is 8.47. The topological polar surface area (TPSA) is 59.2 Å². The summed E-state index contributed by atoms with van der Waals surface area (Å²) >= 11 is 1.52. The monoisotopic (exact) mass is 353 g/mol. The summed E-state index contributed by atoms with van der Waals surface area (Å²) in [6, 6.07) is 13.6. The molecule has 0 N–H and O–H groups in total.